The van der Waals surface area contributed by atoms with Crippen LogP contribution in [0.5, 0.6) is 5.75 Å². The second-order valence-electron chi connectivity index (χ2n) is 2.80. The van der Waals surface area contributed by atoms with Gasteiger partial charge in [-0.2, -0.15) is 5.26 Å². The van der Waals surface area contributed by atoms with Crippen LogP contribution in [-0.2, 0) is 0 Å². The van der Waals surface area contributed by atoms with Gasteiger partial charge in [-0.1, -0.05) is 0 Å². The summed E-state index contributed by atoms with van der Waals surface area (Å²) < 4.78 is 17.9. The first-order valence-electron chi connectivity index (χ1n) is 3.96. The van der Waals surface area contributed by atoms with E-state index in [0.29, 0.717) is 11.3 Å². The maximum absolute atomic E-state index is 12.6. The molecule has 1 unspecified atom stereocenters. The van der Waals surface area contributed by atoms with Crippen molar-refractivity contribution in [2.24, 2.45) is 0 Å². The van der Waals surface area contributed by atoms with Crippen LogP contribution in [0, 0.1) is 24.1 Å². The van der Waals surface area contributed by atoms with E-state index in [1.165, 1.54) is 18.2 Å². The summed E-state index contributed by atoms with van der Waals surface area (Å²) in [6.45, 7) is 3.38. The number of benzene rings is 1. The van der Waals surface area contributed by atoms with Gasteiger partial charge in [-0.25, -0.2) is 4.39 Å². The Kier molecular flexibility index (Phi) is 2.86. The topological polar surface area (TPSA) is 33.0 Å². The fourth-order valence-corrected chi connectivity index (χ4v) is 0.962. The van der Waals surface area contributed by atoms with E-state index in [0.717, 1.165) is 0 Å². The molecule has 0 radical (unpaired) electrons. The van der Waals surface area contributed by atoms with E-state index in [9.17, 15) is 4.39 Å². The number of hydrogen-bond acceptors (Lipinski definition) is 2. The number of ether oxygens (including phenoxy) is 1. The quantitative estimate of drug-likeness (QED) is 0.698. The van der Waals surface area contributed by atoms with Crippen molar-refractivity contribution in [1.82, 2.24) is 0 Å². The molecule has 13 heavy (non-hydrogen) atoms. The molecule has 1 atom stereocenters. The molecule has 0 saturated heterocycles. The summed E-state index contributed by atoms with van der Waals surface area (Å²) in [6.07, 6.45) is -0.510. The molecule has 0 bridgehead atoms. The Labute approximate surface area is 76.6 Å². The number of nitriles is 1. The third-order valence-corrected chi connectivity index (χ3v) is 1.62. The molecule has 1 rings (SSSR count). The SMILES string of the molecule is Cc1cc(F)ccc1OC(C)C#N. The Morgan fingerprint density at radius 2 is 2.23 bits per heavy atom. The lowest BCUT2D eigenvalue weighted by atomic mass is 10.2. The summed E-state index contributed by atoms with van der Waals surface area (Å²) in [5, 5.41) is 8.49. The van der Waals surface area contributed by atoms with Gasteiger partial charge in [0.1, 0.15) is 17.6 Å². The van der Waals surface area contributed by atoms with Gasteiger partial charge in [-0.3, -0.25) is 0 Å². The molecule has 1 aromatic carbocycles. The van der Waals surface area contributed by atoms with Crippen LogP contribution in [0.2, 0.25) is 0 Å². The van der Waals surface area contributed by atoms with Crippen molar-refractivity contribution in [2.75, 3.05) is 0 Å². The summed E-state index contributed by atoms with van der Waals surface area (Å²) in [5.41, 5.74) is 0.696. The average molecular weight is 179 g/mol. The summed E-state index contributed by atoms with van der Waals surface area (Å²) >= 11 is 0. The van der Waals surface area contributed by atoms with E-state index in [1.807, 2.05) is 6.07 Å². The standard InChI is InChI=1S/C10H10FNO/c1-7-5-9(11)3-4-10(7)13-8(2)6-12/h3-5,8H,1-2H3. The van der Waals surface area contributed by atoms with Crippen LogP contribution in [0.25, 0.3) is 0 Å². The highest BCUT2D eigenvalue weighted by molar-refractivity contribution is 5.33. The van der Waals surface area contributed by atoms with Gasteiger partial charge in [0.25, 0.3) is 0 Å². The van der Waals surface area contributed by atoms with Crippen LogP contribution in [0.1, 0.15) is 12.5 Å². The average Bonchev–Trinajstić information content (AvgIpc) is 2.09. The van der Waals surface area contributed by atoms with Gasteiger partial charge in [0.05, 0.1) is 0 Å². The number of halogens is 1. The van der Waals surface area contributed by atoms with Crippen molar-refractivity contribution in [3.63, 3.8) is 0 Å². The lowest BCUT2D eigenvalue weighted by Crippen LogP contribution is -2.08. The van der Waals surface area contributed by atoms with Crippen LogP contribution in [0.3, 0.4) is 0 Å². The van der Waals surface area contributed by atoms with Crippen LogP contribution in [0.4, 0.5) is 4.39 Å². The van der Waals surface area contributed by atoms with Crippen molar-refractivity contribution < 1.29 is 9.13 Å². The van der Waals surface area contributed by atoms with Gasteiger partial charge < -0.3 is 4.74 Å². The van der Waals surface area contributed by atoms with Crippen molar-refractivity contribution in [2.45, 2.75) is 20.0 Å². The number of aryl methyl sites for hydroxylation is 1. The minimum Gasteiger partial charge on any atom is -0.476 e. The number of nitrogens with zero attached hydrogens (tertiary/aromatic N) is 1. The van der Waals surface area contributed by atoms with E-state index >= 15 is 0 Å². The molecule has 0 saturated carbocycles. The van der Waals surface area contributed by atoms with Crippen LogP contribution < -0.4 is 4.74 Å². The highest BCUT2D eigenvalue weighted by atomic mass is 19.1. The molecule has 1 aromatic rings. The second kappa shape index (κ2) is 3.90. The lowest BCUT2D eigenvalue weighted by Gasteiger charge is -2.09. The molecule has 0 heterocycles. The Morgan fingerprint density at radius 1 is 1.54 bits per heavy atom. The molecule has 0 aliphatic rings. The van der Waals surface area contributed by atoms with Gasteiger partial charge in [0, 0.05) is 0 Å². The fourth-order valence-electron chi connectivity index (χ4n) is 0.962. The zero-order chi connectivity index (χ0) is 9.84. The van der Waals surface area contributed by atoms with Crippen molar-refractivity contribution in [1.29, 1.82) is 5.26 Å². The van der Waals surface area contributed by atoms with Crippen LogP contribution >= 0.6 is 0 Å². The Hall–Kier alpha value is -1.56. The molecule has 0 aliphatic heterocycles. The maximum atomic E-state index is 12.6. The van der Waals surface area contributed by atoms with Gasteiger partial charge >= 0.3 is 0 Å². The highest BCUT2D eigenvalue weighted by Crippen LogP contribution is 2.19. The molecule has 0 aromatic heterocycles. The van der Waals surface area contributed by atoms with Crippen molar-refractivity contribution in [3.05, 3.63) is 29.6 Å². The molecular formula is C10H10FNO. The predicted molar refractivity (Wildman–Crippen MR) is 46.8 cm³/mol. The molecule has 0 aliphatic carbocycles. The minimum atomic E-state index is -0.510. The molecular weight excluding hydrogens is 169 g/mol. The van der Waals surface area contributed by atoms with Gasteiger partial charge in [0.15, 0.2) is 6.10 Å². The Balaban J connectivity index is 2.85. The molecule has 0 fully saturated rings. The molecule has 0 spiro atoms. The number of hydrogen-bond donors (Lipinski definition) is 0. The maximum Gasteiger partial charge on any atom is 0.181 e. The minimum absolute atomic E-state index is 0.297. The largest absolute Gasteiger partial charge is 0.476 e. The van der Waals surface area contributed by atoms with Crippen LogP contribution in [-0.4, -0.2) is 6.10 Å². The van der Waals surface area contributed by atoms with E-state index in [-0.39, 0.29) is 5.82 Å². The Morgan fingerprint density at radius 3 is 2.77 bits per heavy atom. The monoisotopic (exact) mass is 179 g/mol. The molecule has 2 nitrogen and oxygen atoms in total. The Bertz CT molecular complexity index is 343. The van der Waals surface area contributed by atoms with E-state index < -0.39 is 6.10 Å². The zero-order valence-electron chi connectivity index (χ0n) is 7.54. The van der Waals surface area contributed by atoms with E-state index in [2.05, 4.69) is 0 Å². The third kappa shape index (κ3) is 2.45. The fraction of sp³-hybridized carbons (Fsp3) is 0.300. The summed E-state index contributed by atoms with van der Waals surface area (Å²) in [5.74, 6) is 0.255. The molecule has 0 N–H and O–H groups in total. The first-order chi connectivity index (χ1) is 6.13. The number of rotatable bonds is 2. The smallest absolute Gasteiger partial charge is 0.181 e. The van der Waals surface area contributed by atoms with Gasteiger partial charge in [-0.15, -0.1) is 0 Å². The molecule has 0 amide bonds. The van der Waals surface area contributed by atoms with Crippen molar-refractivity contribution in [3.8, 4) is 11.8 Å². The first-order valence-corrected chi connectivity index (χ1v) is 3.96. The molecule has 68 valence electrons. The van der Waals surface area contributed by atoms with E-state index in [4.69, 9.17) is 10.00 Å². The second-order valence-corrected chi connectivity index (χ2v) is 2.80. The van der Waals surface area contributed by atoms with Gasteiger partial charge in [0.2, 0.25) is 0 Å². The van der Waals surface area contributed by atoms with Gasteiger partial charge in [-0.05, 0) is 37.6 Å². The zero-order valence-corrected chi connectivity index (χ0v) is 7.54. The predicted octanol–water partition coefficient (Wildman–Crippen LogP) is 2.42. The summed E-state index contributed by atoms with van der Waals surface area (Å²) in [6, 6.07) is 6.15. The molecule has 3 heteroatoms. The van der Waals surface area contributed by atoms with Crippen molar-refractivity contribution >= 4 is 0 Å². The normalized spacial score (nSPS) is 11.8. The summed E-state index contributed by atoms with van der Waals surface area (Å²) in [4.78, 5) is 0. The first kappa shape index (κ1) is 9.53. The van der Waals surface area contributed by atoms with E-state index in [1.54, 1.807) is 13.8 Å². The van der Waals surface area contributed by atoms with Crippen LogP contribution in [0.15, 0.2) is 18.2 Å². The third-order valence-electron chi connectivity index (χ3n) is 1.62. The lowest BCUT2D eigenvalue weighted by molar-refractivity contribution is 0.274. The highest BCUT2D eigenvalue weighted by Gasteiger charge is 2.04. The summed E-state index contributed by atoms with van der Waals surface area (Å²) in [7, 11) is 0.